The van der Waals surface area contributed by atoms with Crippen molar-refractivity contribution >= 4 is 17.2 Å². The Kier molecular flexibility index (Phi) is 4.55. The van der Waals surface area contributed by atoms with E-state index in [1.165, 1.54) is 17.5 Å². The molecule has 3 N–H and O–H groups in total. The van der Waals surface area contributed by atoms with Crippen LogP contribution in [-0.4, -0.2) is 5.91 Å². The number of rotatable bonds is 4. The summed E-state index contributed by atoms with van der Waals surface area (Å²) >= 11 is 1.59. The van der Waals surface area contributed by atoms with Gasteiger partial charge in [-0.2, -0.15) is 0 Å². The number of carbonyl (C=O) groups is 1. The van der Waals surface area contributed by atoms with Crippen molar-refractivity contribution in [3.8, 4) is 0 Å². The van der Waals surface area contributed by atoms with Crippen LogP contribution in [0.1, 0.15) is 59.1 Å². The average Bonchev–Trinajstić information content (AvgIpc) is 2.94. The molecule has 4 heteroatoms. The van der Waals surface area contributed by atoms with Gasteiger partial charge in [-0.25, -0.2) is 0 Å². The van der Waals surface area contributed by atoms with Gasteiger partial charge in [-0.05, 0) is 41.9 Å². The summed E-state index contributed by atoms with van der Waals surface area (Å²) in [6.45, 7) is 5.47. The van der Waals surface area contributed by atoms with E-state index in [9.17, 15) is 4.79 Å². The highest BCUT2D eigenvalue weighted by molar-refractivity contribution is 7.10. The number of nitrogens with one attached hydrogen (secondary N) is 1. The van der Waals surface area contributed by atoms with Crippen LogP contribution >= 0.6 is 11.3 Å². The maximum atomic E-state index is 11.2. The molecule has 1 aliphatic rings. The number of benzene rings is 1. The van der Waals surface area contributed by atoms with Crippen LogP contribution in [0.15, 0.2) is 35.7 Å². The minimum Gasteiger partial charge on any atom is -0.366 e. The van der Waals surface area contributed by atoms with Crippen molar-refractivity contribution in [2.24, 2.45) is 11.1 Å². The van der Waals surface area contributed by atoms with Crippen molar-refractivity contribution in [3.05, 3.63) is 57.3 Å². The molecule has 1 amide bonds. The summed E-state index contributed by atoms with van der Waals surface area (Å²) in [7, 11) is 0. The first-order chi connectivity index (χ1) is 10.9. The monoisotopic (exact) mass is 328 g/mol. The number of aryl methyl sites for hydroxylation is 1. The Morgan fingerprint density at radius 2 is 2.17 bits per heavy atom. The molecule has 1 unspecified atom stereocenters. The third kappa shape index (κ3) is 3.82. The highest BCUT2D eigenvalue weighted by Gasteiger charge is 2.29. The molecule has 2 aromatic rings. The predicted octanol–water partition coefficient (Wildman–Crippen LogP) is 4.04. The largest absolute Gasteiger partial charge is 0.366 e. The smallest absolute Gasteiger partial charge is 0.249 e. The fourth-order valence-corrected chi connectivity index (χ4v) is 4.17. The second-order valence-electron chi connectivity index (χ2n) is 7.17. The van der Waals surface area contributed by atoms with Gasteiger partial charge in [0.25, 0.3) is 0 Å². The van der Waals surface area contributed by atoms with E-state index in [0.717, 1.165) is 24.3 Å². The first-order valence-electron chi connectivity index (χ1n) is 8.13. The van der Waals surface area contributed by atoms with Gasteiger partial charge >= 0.3 is 0 Å². The summed E-state index contributed by atoms with van der Waals surface area (Å²) in [5.74, 6) is -0.353. The van der Waals surface area contributed by atoms with Crippen LogP contribution in [0.25, 0.3) is 0 Å². The number of hydrogen-bond acceptors (Lipinski definition) is 3. The van der Waals surface area contributed by atoms with Gasteiger partial charge in [-0.15, -0.1) is 11.3 Å². The highest BCUT2D eigenvalue weighted by Crippen LogP contribution is 2.39. The molecule has 0 fully saturated rings. The molecule has 0 spiro atoms. The third-order valence-corrected chi connectivity index (χ3v) is 5.66. The SMILES string of the molecule is CC1(C)CCc2ccccc2C(NCc2cc(C(N)=O)cs2)C1. The second kappa shape index (κ2) is 6.46. The Bertz CT molecular complexity index is 705. The highest BCUT2D eigenvalue weighted by atomic mass is 32.1. The molecule has 0 bridgehead atoms. The van der Waals surface area contributed by atoms with Crippen LogP contribution in [-0.2, 0) is 13.0 Å². The summed E-state index contributed by atoms with van der Waals surface area (Å²) in [5.41, 5.74) is 9.14. The molecule has 3 nitrogen and oxygen atoms in total. The van der Waals surface area contributed by atoms with Gasteiger partial charge in [0, 0.05) is 22.8 Å². The van der Waals surface area contributed by atoms with Crippen molar-refractivity contribution in [3.63, 3.8) is 0 Å². The number of nitrogens with two attached hydrogens (primary N) is 1. The van der Waals surface area contributed by atoms with Crippen LogP contribution in [0.2, 0.25) is 0 Å². The van der Waals surface area contributed by atoms with Gasteiger partial charge in [0.2, 0.25) is 5.91 Å². The lowest BCUT2D eigenvalue weighted by molar-refractivity contribution is 0.100. The molecule has 0 aliphatic heterocycles. The summed E-state index contributed by atoms with van der Waals surface area (Å²) in [5, 5.41) is 5.54. The standard InChI is InChI=1S/C19H24N2OS/c1-19(2)8-7-13-5-3-4-6-16(13)17(10-19)21-11-15-9-14(12-23-15)18(20)22/h3-6,9,12,17,21H,7-8,10-11H2,1-2H3,(H2,20,22). The molecule has 1 aromatic carbocycles. The molecule has 3 rings (SSSR count). The lowest BCUT2D eigenvalue weighted by Gasteiger charge is -2.27. The van der Waals surface area contributed by atoms with E-state index in [0.29, 0.717) is 17.0 Å². The molecule has 0 radical (unpaired) electrons. The fourth-order valence-electron chi connectivity index (χ4n) is 3.35. The molecule has 1 aromatic heterocycles. The van der Waals surface area contributed by atoms with E-state index < -0.39 is 0 Å². The van der Waals surface area contributed by atoms with Gasteiger partial charge in [-0.3, -0.25) is 4.79 Å². The molecular formula is C19H24N2OS. The maximum absolute atomic E-state index is 11.2. The average molecular weight is 328 g/mol. The first kappa shape index (κ1) is 16.2. The summed E-state index contributed by atoms with van der Waals surface area (Å²) in [4.78, 5) is 12.4. The Morgan fingerprint density at radius 3 is 2.91 bits per heavy atom. The van der Waals surface area contributed by atoms with E-state index in [1.54, 1.807) is 11.3 Å². The van der Waals surface area contributed by atoms with Crippen molar-refractivity contribution in [2.75, 3.05) is 0 Å². The molecule has 1 atom stereocenters. The van der Waals surface area contributed by atoms with Crippen LogP contribution in [0.4, 0.5) is 0 Å². The van der Waals surface area contributed by atoms with Crippen molar-refractivity contribution in [1.29, 1.82) is 0 Å². The van der Waals surface area contributed by atoms with Crippen molar-refractivity contribution < 1.29 is 4.79 Å². The van der Waals surface area contributed by atoms with E-state index in [4.69, 9.17) is 5.73 Å². The number of carbonyl (C=O) groups excluding carboxylic acids is 1. The van der Waals surface area contributed by atoms with Gasteiger partial charge < -0.3 is 11.1 Å². The minimum atomic E-state index is -0.353. The lowest BCUT2D eigenvalue weighted by atomic mass is 9.83. The van der Waals surface area contributed by atoms with E-state index in [-0.39, 0.29) is 5.91 Å². The molecular weight excluding hydrogens is 304 g/mol. The zero-order valence-corrected chi connectivity index (χ0v) is 14.6. The zero-order valence-electron chi connectivity index (χ0n) is 13.8. The summed E-state index contributed by atoms with van der Waals surface area (Å²) in [6.07, 6.45) is 3.48. The Hall–Kier alpha value is -1.65. The Morgan fingerprint density at radius 1 is 1.39 bits per heavy atom. The zero-order chi connectivity index (χ0) is 16.4. The van der Waals surface area contributed by atoms with Gasteiger partial charge in [-0.1, -0.05) is 38.1 Å². The Balaban J connectivity index is 1.77. The van der Waals surface area contributed by atoms with Gasteiger partial charge in [0.05, 0.1) is 5.56 Å². The quantitative estimate of drug-likeness (QED) is 0.832. The number of fused-ring (bicyclic) bond motifs is 1. The van der Waals surface area contributed by atoms with E-state index >= 15 is 0 Å². The summed E-state index contributed by atoms with van der Waals surface area (Å²) < 4.78 is 0. The molecule has 122 valence electrons. The van der Waals surface area contributed by atoms with Crippen LogP contribution in [0.5, 0.6) is 0 Å². The van der Waals surface area contributed by atoms with Crippen LogP contribution in [0, 0.1) is 5.41 Å². The van der Waals surface area contributed by atoms with Crippen LogP contribution in [0.3, 0.4) is 0 Å². The molecule has 0 saturated heterocycles. The second-order valence-corrected chi connectivity index (χ2v) is 8.16. The molecule has 0 saturated carbocycles. The topological polar surface area (TPSA) is 55.1 Å². The molecule has 23 heavy (non-hydrogen) atoms. The number of thiophene rings is 1. The number of primary amides is 1. The van der Waals surface area contributed by atoms with Gasteiger partial charge in [0.15, 0.2) is 0 Å². The maximum Gasteiger partial charge on any atom is 0.249 e. The minimum absolute atomic E-state index is 0.324. The summed E-state index contributed by atoms with van der Waals surface area (Å²) in [6, 6.07) is 11.0. The van der Waals surface area contributed by atoms with Crippen molar-refractivity contribution in [1.82, 2.24) is 5.32 Å². The van der Waals surface area contributed by atoms with E-state index in [2.05, 4.69) is 43.4 Å². The fraction of sp³-hybridized carbons (Fsp3) is 0.421. The first-order valence-corrected chi connectivity index (χ1v) is 9.01. The Labute approximate surface area is 141 Å². The number of hydrogen-bond donors (Lipinski definition) is 2. The lowest BCUT2D eigenvalue weighted by Crippen LogP contribution is -2.25. The predicted molar refractivity (Wildman–Crippen MR) is 95.6 cm³/mol. The third-order valence-electron chi connectivity index (χ3n) is 4.72. The van der Waals surface area contributed by atoms with Crippen molar-refractivity contribution in [2.45, 2.75) is 45.7 Å². The number of amides is 1. The molecule has 1 aliphatic carbocycles. The normalized spacial score (nSPS) is 19.8. The van der Waals surface area contributed by atoms with Crippen LogP contribution < -0.4 is 11.1 Å². The van der Waals surface area contributed by atoms with E-state index in [1.807, 2.05) is 11.4 Å². The molecule has 1 heterocycles. The van der Waals surface area contributed by atoms with Gasteiger partial charge in [0.1, 0.15) is 0 Å².